The van der Waals surface area contributed by atoms with E-state index in [1.54, 1.807) is 0 Å². The highest BCUT2D eigenvalue weighted by atomic mass is 32.1. The molecule has 2 aliphatic rings. The van der Waals surface area contributed by atoms with E-state index in [1.807, 2.05) is 11.3 Å². The van der Waals surface area contributed by atoms with Gasteiger partial charge in [0.05, 0.1) is 5.69 Å². The standard InChI is InChI=1S/C52H61BN2S/c1-34(2)27-28-50(6,7)35-21-23-37(24-22-35)53-46-43(54-38-25-26-41-42(33-38)52(10,11)30-29-51(41,8)9)31-36(49(3,4)5)32-44(46)55(39-17-13-12-14-18-39)47-40-19-15-16-20-45(40)56-48(47)53/h12-26,31-34,54H,27-30H2,1-11H3. The molecule has 6 aromatic rings. The Kier molecular flexibility index (Phi) is 9.63. The second-order valence-electron chi connectivity index (χ2n) is 20.2. The lowest BCUT2D eigenvalue weighted by molar-refractivity contribution is 0.332. The molecule has 0 bridgehead atoms. The Balaban J connectivity index is 1.39. The average Bonchev–Trinajstić information content (AvgIpc) is 3.54. The first-order valence-corrected chi connectivity index (χ1v) is 21.8. The maximum Gasteiger partial charge on any atom is 0.262 e. The van der Waals surface area contributed by atoms with Crippen molar-refractivity contribution in [2.75, 3.05) is 10.2 Å². The summed E-state index contributed by atoms with van der Waals surface area (Å²) in [5.41, 5.74) is 14.8. The van der Waals surface area contributed by atoms with Crippen LogP contribution in [0.3, 0.4) is 0 Å². The van der Waals surface area contributed by atoms with Gasteiger partial charge in [-0.25, -0.2) is 0 Å². The molecule has 0 saturated carbocycles. The summed E-state index contributed by atoms with van der Waals surface area (Å²) in [5, 5.41) is 5.45. The maximum absolute atomic E-state index is 4.14. The number of nitrogens with zero attached hydrogens (tertiary/aromatic N) is 1. The van der Waals surface area contributed by atoms with Crippen LogP contribution in [0, 0.1) is 5.92 Å². The molecule has 288 valence electrons. The minimum atomic E-state index is -0.0641. The largest absolute Gasteiger partial charge is 0.356 e. The minimum absolute atomic E-state index is 0.0507. The van der Waals surface area contributed by atoms with Gasteiger partial charge in [0.25, 0.3) is 6.71 Å². The van der Waals surface area contributed by atoms with E-state index in [9.17, 15) is 0 Å². The van der Waals surface area contributed by atoms with Gasteiger partial charge in [0, 0.05) is 37.6 Å². The second kappa shape index (κ2) is 14.0. The van der Waals surface area contributed by atoms with Crippen molar-refractivity contribution in [2.24, 2.45) is 5.92 Å². The Morgan fingerprint density at radius 1 is 0.732 bits per heavy atom. The van der Waals surface area contributed by atoms with Crippen LogP contribution < -0.4 is 25.9 Å². The van der Waals surface area contributed by atoms with E-state index in [0.29, 0.717) is 5.92 Å². The Hall–Kier alpha value is -4.28. The number of thiophene rings is 1. The molecule has 1 aliphatic heterocycles. The van der Waals surface area contributed by atoms with Crippen molar-refractivity contribution in [3.8, 4) is 0 Å². The third-order valence-electron chi connectivity index (χ3n) is 13.2. The van der Waals surface area contributed by atoms with Crippen molar-refractivity contribution in [2.45, 2.75) is 124 Å². The van der Waals surface area contributed by atoms with Crippen LogP contribution in [0.1, 0.15) is 124 Å². The zero-order valence-corrected chi connectivity index (χ0v) is 36.5. The molecule has 56 heavy (non-hydrogen) atoms. The predicted molar refractivity (Wildman–Crippen MR) is 248 cm³/mol. The fraction of sp³-hybridized carbons (Fsp3) is 0.385. The van der Waals surface area contributed by atoms with Crippen molar-refractivity contribution in [1.29, 1.82) is 0 Å². The summed E-state index contributed by atoms with van der Waals surface area (Å²) in [6.07, 6.45) is 4.82. The third kappa shape index (κ3) is 6.91. The first-order valence-electron chi connectivity index (χ1n) is 21.0. The van der Waals surface area contributed by atoms with Crippen molar-refractivity contribution >= 4 is 72.3 Å². The van der Waals surface area contributed by atoms with Gasteiger partial charge < -0.3 is 10.2 Å². The van der Waals surface area contributed by atoms with Crippen LogP contribution in [0.5, 0.6) is 0 Å². The van der Waals surface area contributed by atoms with E-state index >= 15 is 0 Å². The molecular formula is C52H61BN2S. The second-order valence-corrected chi connectivity index (χ2v) is 21.3. The summed E-state index contributed by atoms with van der Waals surface area (Å²) in [4.78, 5) is 2.57. The van der Waals surface area contributed by atoms with E-state index in [1.165, 1.54) is 96.5 Å². The summed E-state index contributed by atoms with van der Waals surface area (Å²) < 4.78 is 2.72. The number of rotatable bonds is 8. The number of nitrogens with one attached hydrogen (secondary N) is 1. The molecule has 0 unspecified atom stereocenters. The molecule has 1 aromatic heterocycles. The zero-order valence-electron chi connectivity index (χ0n) is 35.7. The Morgan fingerprint density at radius 3 is 2.07 bits per heavy atom. The van der Waals surface area contributed by atoms with Crippen LogP contribution in [0.2, 0.25) is 0 Å². The number of fused-ring (bicyclic) bond motifs is 5. The zero-order chi connectivity index (χ0) is 39.8. The fourth-order valence-electron chi connectivity index (χ4n) is 9.30. The summed E-state index contributed by atoms with van der Waals surface area (Å²) in [5.74, 6) is 0.697. The van der Waals surface area contributed by atoms with Crippen LogP contribution in [0.25, 0.3) is 10.1 Å². The number of benzene rings is 5. The normalized spacial score (nSPS) is 16.1. The Labute approximate surface area is 341 Å². The highest BCUT2D eigenvalue weighted by Gasteiger charge is 2.42. The Morgan fingerprint density at radius 2 is 1.39 bits per heavy atom. The first-order chi connectivity index (χ1) is 26.4. The molecular weight excluding hydrogens is 695 g/mol. The van der Waals surface area contributed by atoms with Gasteiger partial charge in [0.1, 0.15) is 0 Å². The predicted octanol–water partition coefficient (Wildman–Crippen LogP) is 13.3. The van der Waals surface area contributed by atoms with Crippen LogP contribution in [-0.4, -0.2) is 6.71 Å². The van der Waals surface area contributed by atoms with E-state index in [-0.39, 0.29) is 28.4 Å². The smallest absolute Gasteiger partial charge is 0.262 e. The summed E-state index contributed by atoms with van der Waals surface area (Å²) >= 11 is 1.96. The average molecular weight is 757 g/mol. The fourth-order valence-corrected chi connectivity index (χ4v) is 10.6. The van der Waals surface area contributed by atoms with Gasteiger partial charge in [0.15, 0.2) is 0 Å². The third-order valence-corrected chi connectivity index (χ3v) is 14.4. The van der Waals surface area contributed by atoms with Gasteiger partial charge >= 0.3 is 0 Å². The molecule has 2 nitrogen and oxygen atoms in total. The number of para-hydroxylation sites is 1. The lowest BCUT2D eigenvalue weighted by Crippen LogP contribution is -2.56. The summed E-state index contributed by atoms with van der Waals surface area (Å²) in [6.45, 7) is 26.3. The summed E-state index contributed by atoms with van der Waals surface area (Å²) in [6, 6.07) is 42.0. The van der Waals surface area contributed by atoms with Gasteiger partial charge in [-0.15, -0.1) is 11.3 Å². The van der Waals surface area contributed by atoms with Gasteiger partial charge in [-0.2, -0.15) is 0 Å². The van der Waals surface area contributed by atoms with Crippen molar-refractivity contribution < 1.29 is 0 Å². The molecule has 0 atom stereocenters. The molecule has 4 heteroatoms. The molecule has 0 amide bonds. The molecule has 8 rings (SSSR count). The topological polar surface area (TPSA) is 15.3 Å². The molecule has 0 radical (unpaired) electrons. The summed E-state index contributed by atoms with van der Waals surface area (Å²) in [7, 11) is 0. The molecule has 0 spiro atoms. The van der Waals surface area contributed by atoms with E-state index in [2.05, 4.69) is 196 Å². The number of hydrogen-bond acceptors (Lipinski definition) is 3. The Bertz CT molecular complexity index is 2390. The van der Waals surface area contributed by atoms with Crippen molar-refractivity contribution in [1.82, 2.24) is 0 Å². The molecule has 5 aromatic carbocycles. The quantitative estimate of drug-likeness (QED) is 0.155. The molecule has 1 aliphatic carbocycles. The number of hydrogen-bond donors (Lipinski definition) is 1. The molecule has 0 saturated heterocycles. The SMILES string of the molecule is CC(C)CCC(C)(C)c1ccc(B2c3sc4ccccc4c3N(c3ccccc3)c3cc(C(C)(C)C)cc(Nc4ccc5c(c4)C(C)(C)CCC5(C)C)c32)cc1. The van der Waals surface area contributed by atoms with Crippen molar-refractivity contribution in [3.05, 3.63) is 131 Å². The lowest BCUT2D eigenvalue weighted by atomic mass is 9.37. The number of anilines is 5. The van der Waals surface area contributed by atoms with E-state index < -0.39 is 0 Å². The van der Waals surface area contributed by atoms with E-state index in [0.717, 1.165) is 5.69 Å². The maximum atomic E-state index is 4.14. The van der Waals surface area contributed by atoms with Gasteiger partial charge in [-0.3, -0.25) is 0 Å². The van der Waals surface area contributed by atoms with Crippen LogP contribution in [-0.2, 0) is 21.7 Å². The van der Waals surface area contributed by atoms with E-state index in [4.69, 9.17) is 0 Å². The van der Waals surface area contributed by atoms with Gasteiger partial charge in [-0.05, 0) is 117 Å². The van der Waals surface area contributed by atoms with Crippen LogP contribution in [0.4, 0.5) is 28.4 Å². The van der Waals surface area contributed by atoms with Crippen LogP contribution >= 0.6 is 11.3 Å². The molecule has 0 fully saturated rings. The molecule has 2 heterocycles. The first kappa shape index (κ1) is 38.6. The monoisotopic (exact) mass is 756 g/mol. The van der Waals surface area contributed by atoms with Gasteiger partial charge in [-0.1, -0.05) is 155 Å². The van der Waals surface area contributed by atoms with Crippen LogP contribution in [0.15, 0.2) is 109 Å². The highest BCUT2D eigenvalue weighted by Crippen LogP contribution is 2.48. The highest BCUT2D eigenvalue weighted by molar-refractivity contribution is 7.33. The minimum Gasteiger partial charge on any atom is -0.356 e. The molecule has 1 N–H and O–H groups in total. The lowest BCUT2D eigenvalue weighted by Gasteiger charge is -2.42. The van der Waals surface area contributed by atoms with Gasteiger partial charge in [0.2, 0.25) is 0 Å². The van der Waals surface area contributed by atoms with Crippen molar-refractivity contribution in [3.63, 3.8) is 0 Å².